The van der Waals surface area contributed by atoms with Gasteiger partial charge in [0.15, 0.2) is 11.6 Å². The summed E-state index contributed by atoms with van der Waals surface area (Å²) in [6.07, 6.45) is 1.55. The summed E-state index contributed by atoms with van der Waals surface area (Å²) in [5.74, 6) is -0.144. The van der Waals surface area contributed by atoms with E-state index in [1.54, 1.807) is 0 Å². The molecule has 1 aliphatic heterocycles. The van der Waals surface area contributed by atoms with Gasteiger partial charge in [0.05, 0.1) is 18.3 Å². The number of halogens is 1. The number of morpholine rings is 1. The molecule has 1 atom stereocenters. The maximum absolute atomic E-state index is 14.1. The van der Waals surface area contributed by atoms with E-state index in [1.165, 1.54) is 12.3 Å². The molecular weight excluding hydrogens is 235 g/mol. The Morgan fingerprint density at radius 2 is 2.33 bits per heavy atom. The van der Waals surface area contributed by atoms with Crippen LogP contribution in [0.5, 0.6) is 0 Å². The predicted octanol–water partition coefficient (Wildman–Crippen LogP) is 1.72. The summed E-state index contributed by atoms with van der Waals surface area (Å²) in [6, 6.07) is 1.49. The lowest BCUT2D eigenvalue weighted by molar-refractivity contribution is -0.0753. The van der Waals surface area contributed by atoms with Gasteiger partial charge in [-0.2, -0.15) is 0 Å². The molecular formula is C13H19FN2O2. The normalized spacial score (nSPS) is 23.2. The van der Waals surface area contributed by atoms with Crippen molar-refractivity contribution in [2.75, 3.05) is 18.0 Å². The maximum atomic E-state index is 14.1. The van der Waals surface area contributed by atoms with E-state index < -0.39 is 5.82 Å². The Kier molecular flexibility index (Phi) is 3.54. The number of ether oxygens (including phenoxy) is 1. The molecule has 0 radical (unpaired) electrons. The third-order valence-corrected chi connectivity index (χ3v) is 2.99. The highest BCUT2D eigenvalue weighted by atomic mass is 19.1. The van der Waals surface area contributed by atoms with Crippen LogP contribution in [0.3, 0.4) is 0 Å². The summed E-state index contributed by atoms with van der Waals surface area (Å²) in [7, 11) is 0. The Hall–Kier alpha value is -1.20. The number of anilines is 1. The third kappa shape index (κ3) is 2.62. The molecule has 0 aromatic carbocycles. The predicted molar refractivity (Wildman–Crippen MR) is 67.0 cm³/mol. The molecule has 18 heavy (non-hydrogen) atoms. The lowest BCUT2D eigenvalue weighted by Gasteiger charge is -2.42. The number of aromatic nitrogens is 1. The van der Waals surface area contributed by atoms with Gasteiger partial charge in [0.25, 0.3) is 0 Å². The number of rotatable bonds is 2. The largest absolute Gasteiger partial charge is 0.392 e. The van der Waals surface area contributed by atoms with Crippen LogP contribution in [0.1, 0.15) is 26.3 Å². The molecule has 0 bridgehead atoms. The molecule has 1 saturated heterocycles. The van der Waals surface area contributed by atoms with E-state index in [-0.39, 0.29) is 23.9 Å². The van der Waals surface area contributed by atoms with Crippen molar-refractivity contribution < 1.29 is 14.2 Å². The first kappa shape index (κ1) is 13.2. The minimum absolute atomic E-state index is 0.0210. The molecule has 1 fully saturated rings. The molecule has 4 nitrogen and oxygen atoms in total. The van der Waals surface area contributed by atoms with Gasteiger partial charge in [0.2, 0.25) is 0 Å². The van der Waals surface area contributed by atoms with Crippen LogP contribution in [-0.4, -0.2) is 34.9 Å². The van der Waals surface area contributed by atoms with Crippen molar-refractivity contribution in [3.63, 3.8) is 0 Å². The second-order valence-corrected chi connectivity index (χ2v) is 5.33. The van der Waals surface area contributed by atoms with Crippen molar-refractivity contribution in [3.05, 3.63) is 23.6 Å². The Morgan fingerprint density at radius 3 is 2.94 bits per heavy atom. The molecule has 1 aromatic heterocycles. The standard InChI is InChI=1S/C13H19FN2O2/c1-9-6-16(8-13(2,3)18-9)12-11(14)10(7-17)4-5-15-12/h4-5,9,17H,6-8H2,1-3H3. The fourth-order valence-corrected chi connectivity index (χ4v) is 2.43. The fraction of sp³-hybridized carbons (Fsp3) is 0.615. The van der Waals surface area contributed by atoms with Crippen LogP contribution in [0.2, 0.25) is 0 Å². The van der Waals surface area contributed by atoms with Gasteiger partial charge in [-0.3, -0.25) is 0 Å². The van der Waals surface area contributed by atoms with Crippen LogP contribution < -0.4 is 4.90 Å². The third-order valence-electron chi connectivity index (χ3n) is 2.99. The van der Waals surface area contributed by atoms with E-state index in [0.29, 0.717) is 18.9 Å². The van der Waals surface area contributed by atoms with Gasteiger partial charge in [-0.25, -0.2) is 9.37 Å². The van der Waals surface area contributed by atoms with Crippen molar-refractivity contribution in [2.45, 2.75) is 39.1 Å². The molecule has 100 valence electrons. The minimum atomic E-state index is -0.440. The lowest BCUT2D eigenvalue weighted by Crippen LogP contribution is -2.52. The van der Waals surface area contributed by atoms with Gasteiger partial charge in [-0.1, -0.05) is 0 Å². The summed E-state index contributed by atoms with van der Waals surface area (Å²) in [5, 5.41) is 9.08. The summed E-state index contributed by atoms with van der Waals surface area (Å²) in [5.41, 5.74) is -0.0574. The number of aliphatic hydroxyl groups is 1. The van der Waals surface area contributed by atoms with Crippen LogP contribution in [0, 0.1) is 5.82 Å². The molecule has 2 rings (SSSR count). The van der Waals surface area contributed by atoms with E-state index >= 15 is 0 Å². The van der Waals surface area contributed by atoms with Crippen molar-refractivity contribution in [1.29, 1.82) is 0 Å². The van der Waals surface area contributed by atoms with Crippen LogP contribution in [0.15, 0.2) is 12.3 Å². The van der Waals surface area contributed by atoms with Crippen molar-refractivity contribution >= 4 is 5.82 Å². The molecule has 1 aromatic rings. The first-order valence-corrected chi connectivity index (χ1v) is 6.10. The summed E-state index contributed by atoms with van der Waals surface area (Å²) in [6.45, 7) is 6.78. The Bertz CT molecular complexity index is 437. The molecule has 1 aliphatic rings. The van der Waals surface area contributed by atoms with E-state index in [4.69, 9.17) is 9.84 Å². The van der Waals surface area contributed by atoms with Crippen molar-refractivity contribution in [3.8, 4) is 0 Å². The van der Waals surface area contributed by atoms with Crippen LogP contribution in [0.25, 0.3) is 0 Å². The van der Waals surface area contributed by atoms with E-state index in [1.807, 2.05) is 25.7 Å². The summed E-state index contributed by atoms with van der Waals surface area (Å²) >= 11 is 0. The highest BCUT2D eigenvalue weighted by Gasteiger charge is 2.33. The van der Waals surface area contributed by atoms with Crippen molar-refractivity contribution in [1.82, 2.24) is 4.98 Å². The van der Waals surface area contributed by atoms with Gasteiger partial charge >= 0.3 is 0 Å². The van der Waals surface area contributed by atoms with Crippen LogP contribution >= 0.6 is 0 Å². The number of hydrogen-bond donors (Lipinski definition) is 1. The molecule has 1 N–H and O–H groups in total. The molecule has 5 heteroatoms. The first-order valence-electron chi connectivity index (χ1n) is 6.10. The number of pyridine rings is 1. The van der Waals surface area contributed by atoms with Crippen LogP contribution in [0.4, 0.5) is 10.2 Å². The molecule has 0 spiro atoms. The van der Waals surface area contributed by atoms with Gasteiger partial charge in [-0.05, 0) is 26.8 Å². The molecule has 2 heterocycles. The second kappa shape index (κ2) is 4.82. The van der Waals surface area contributed by atoms with Gasteiger partial charge in [0, 0.05) is 24.8 Å². The van der Waals surface area contributed by atoms with E-state index in [2.05, 4.69) is 4.98 Å². The Balaban J connectivity index is 2.31. The Labute approximate surface area is 106 Å². The highest BCUT2D eigenvalue weighted by Crippen LogP contribution is 2.27. The lowest BCUT2D eigenvalue weighted by atomic mass is 10.1. The Morgan fingerprint density at radius 1 is 1.61 bits per heavy atom. The average molecular weight is 254 g/mol. The topological polar surface area (TPSA) is 45.6 Å². The second-order valence-electron chi connectivity index (χ2n) is 5.33. The maximum Gasteiger partial charge on any atom is 0.171 e. The van der Waals surface area contributed by atoms with Crippen molar-refractivity contribution in [2.24, 2.45) is 0 Å². The molecule has 1 unspecified atom stereocenters. The molecule has 0 aliphatic carbocycles. The SMILES string of the molecule is CC1CN(c2nccc(CO)c2F)CC(C)(C)O1. The zero-order valence-electron chi connectivity index (χ0n) is 11.0. The van der Waals surface area contributed by atoms with Gasteiger partial charge in [0.1, 0.15) is 0 Å². The molecule has 0 amide bonds. The quantitative estimate of drug-likeness (QED) is 0.873. The van der Waals surface area contributed by atoms with Gasteiger partial charge in [-0.15, -0.1) is 0 Å². The minimum Gasteiger partial charge on any atom is -0.392 e. The summed E-state index contributed by atoms with van der Waals surface area (Å²) in [4.78, 5) is 5.97. The number of nitrogens with zero attached hydrogens (tertiary/aromatic N) is 2. The number of aliphatic hydroxyl groups excluding tert-OH is 1. The monoisotopic (exact) mass is 254 g/mol. The zero-order valence-corrected chi connectivity index (χ0v) is 11.0. The van der Waals surface area contributed by atoms with E-state index in [9.17, 15) is 4.39 Å². The number of hydrogen-bond acceptors (Lipinski definition) is 4. The fourth-order valence-electron chi connectivity index (χ4n) is 2.43. The summed E-state index contributed by atoms with van der Waals surface area (Å²) < 4.78 is 19.9. The smallest absolute Gasteiger partial charge is 0.171 e. The van der Waals surface area contributed by atoms with Crippen LogP contribution in [-0.2, 0) is 11.3 Å². The van der Waals surface area contributed by atoms with Gasteiger partial charge < -0.3 is 14.7 Å². The average Bonchev–Trinajstić information content (AvgIpc) is 2.26. The molecule has 0 saturated carbocycles. The van der Waals surface area contributed by atoms with E-state index in [0.717, 1.165) is 0 Å². The first-order chi connectivity index (χ1) is 8.43. The highest BCUT2D eigenvalue weighted by molar-refractivity contribution is 5.44. The zero-order chi connectivity index (χ0) is 13.3.